The molecule has 1 aliphatic carbocycles. The van der Waals surface area contributed by atoms with E-state index in [4.69, 9.17) is 14.2 Å². The highest BCUT2D eigenvalue weighted by Gasteiger charge is 2.07. The van der Waals surface area contributed by atoms with Crippen molar-refractivity contribution in [1.82, 2.24) is 5.32 Å². The van der Waals surface area contributed by atoms with E-state index < -0.39 is 5.97 Å². The zero-order valence-electron chi connectivity index (χ0n) is 16.0. The SMILES string of the molecule is COc1ccc(C=CC(=O)OCC(=O)NCCC2=CCCCC2)cc1OC. The molecule has 0 saturated carbocycles. The molecular formula is C21H27NO5. The van der Waals surface area contributed by atoms with Crippen LogP contribution in [0.3, 0.4) is 0 Å². The number of hydrogen-bond acceptors (Lipinski definition) is 5. The molecule has 1 aliphatic rings. The van der Waals surface area contributed by atoms with Crippen LogP contribution in [0.15, 0.2) is 35.9 Å². The molecule has 0 unspecified atom stereocenters. The average molecular weight is 373 g/mol. The second-order valence-corrected chi connectivity index (χ2v) is 6.26. The summed E-state index contributed by atoms with van der Waals surface area (Å²) >= 11 is 0. The Morgan fingerprint density at radius 1 is 1.15 bits per heavy atom. The number of rotatable bonds is 9. The van der Waals surface area contributed by atoms with Crippen molar-refractivity contribution < 1.29 is 23.8 Å². The van der Waals surface area contributed by atoms with Crippen LogP contribution in [0.5, 0.6) is 11.5 Å². The Bertz CT molecular complexity index is 709. The Labute approximate surface area is 160 Å². The van der Waals surface area contributed by atoms with Crippen molar-refractivity contribution >= 4 is 18.0 Å². The van der Waals surface area contributed by atoms with Gasteiger partial charge < -0.3 is 19.5 Å². The summed E-state index contributed by atoms with van der Waals surface area (Å²) < 4.78 is 15.3. The number of methoxy groups -OCH3 is 2. The van der Waals surface area contributed by atoms with Crippen LogP contribution < -0.4 is 14.8 Å². The third kappa shape index (κ3) is 7.17. The van der Waals surface area contributed by atoms with Gasteiger partial charge in [0.1, 0.15) is 0 Å². The van der Waals surface area contributed by atoms with Crippen molar-refractivity contribution in [2.45, 2.75) is 32.1 Å². The molecule has 0 heterocycles. The van der Waals surface area contributed by atoms with Gasteiger partial charge >= 0.3 is 5.97 Å². The number of nitrogens with one attached hydrogen (secondary N) is 1. The van der Waals surface area contributed by atoms with Gasteiger partial charge in [-0.3, -0.25) is 4.79 Å². The smallest absolute Gasteiger partial charge is 0.331 e. The van der Waals surface area contributed by atoms with Crippen molar-refractivity contribution in [3.63, 3.8) is 0 Å². The fourth-order valence-corrected chi connectivity index (χ4v) is 2.85. The first-order valence-electron chi connectivity index (χ1n) is 9.14. The number of hydrogen-bond donors (Lipinski definition) is 1. The van der Waals surface area contributed by atoms with Crippen molar-refractivity contribution in [3.8, 4) is 11.5 Å². The fraction of sp³-hybridized carbons (Fsp3) is 0.429. The van der Waals surface area contributed by atoms with Gasteiger partial charge in [-0.25, -0.2) is 4.79 Å². The summed E-state index contributed by atoms with van der Waals surface area (Å²) in [4.78, 5) is 23.5. The number of allylic oxidation sites excluding steroid dienone is 1. The maximum absolute atomic E-state index is 11.8. The van der Waals surface area contributed by atoms with E-state index in [2.05, 4.69) is 11.4 Å². The van der Waals surface area contributed by atoms with E-state index in [0.717, 1.165) is 24.8 Å². The van der Waals surface area contributed by atoms with Crippen molar-refractivity contribution in [2.24, 2.45) is 0 Å². The number of esters is 1. The molecule has 0 atom stereocenters. The molecule has 27 heavy (non-hydrogen) atoms. The number of benzene rings is 1. The lowest BCUT2D eigenvalue weighted by Gasteiger charge is -2.12. The minimum atomic E-state index is -0.574. The molecule has 1 aromatic rings. The number of ether oxygens (including phenoxy) is 3. The summed E-state index contributed by atoms with van der Waals surface area (Å²) in [6.07, 6.45) is 10.7. The molecule has 1 aromatic carbocycles. The summed E-state index contributed by atoms with van der Waals surface area (Å²) in [5.41, 5.74) is 2.16. The highest BCUT2D eigenvalue weighted by Crippen LogP contribution is 2.27. The van der Waals surface area contributed by atoms with Crippen molar-refractivity contribution in [3.05, 3.63) is 41.5 Å². The van der Waals surface area contributed by atoms with E-state index in [1.807, 2.05) is 0 Å². The van der Waals surface area contributed by atoms with E-state index in [1.54, 1.807) is 38.5 Å². The minimum Gasteiger partial charge on any atom is -0.493 e. The molecule has 0 spiro atoms. The van der Waals surface area contributed by atoms with Crippen LogP contribution in [-0.4, -0.2) is 39.2 Å². The molecule has 2 rings (SSSR count). The van der Waals surface area contributed by atoms with Gasteiger partial charge in [-0.15, -0.1) is 0 Å². The predicted molar refractivity (Wildman–Crippen MR) is 104 cm³/mol. The molecular weight excluding hydrogens is 346 g/mol. The van der Waals surface area contributed by atoms with E-state index in [1.165, 1.54) is 24.5 Å². The van der Waals surface area contributed by atoms with Gasteiger partial charge in [0, 0.05) is 12.6 Å². The summed E-state index contributed by atoms with van der Waals surface area (Å²) in [5.74, 6) is 0.313. The topological polar surface area (TPSA) is 73.9 Å². The van der Waals surface area contributed by atoms with Crippen LogP contribution in [0.2, 0.25) is 0 Å². The second-order valence-electron chi connectivity index (χ2n) is 6.26. The van der Waals surface area contributed by atoms with Gasteiger partial charge in [0.25, 0.3) is 5.91 Å². The van der Waals surface area contributed by atoms with E-state index >= 15 is 0 Å². The summed E-state index contributed by atoms with van der Waals surface area (Å²) in [5, 5.41) is 2.78. The molecule has 0 radical (unpaired) electrons. The molecule has 1 N–H and O–H groups in total. The lowest BCUT2D eigenvalue weighted by molar-refractivity contribution is -0.143. The van der Waals surface area contributed by atoms with Gasteiger partial charge in [0.05, 0.1) is 14.2 Å². The maximum Gasteiger partial charge on any atom is 0.331 e. The summed E-state index contributed by atoms with van der Waals surface area (Å²) in [6, 6.07) is 5.28. The molecule has 6 heteroatoms. The van der Waals surface area contributed by atoms with Gasteiger partial charge in [-0.2, -0.15) is 0 Å². The van der Waals surface area contributed by atoms with Crippen molar-refractivity contribution in [2.75, 3.05) is 27.4 Å². The first-order chi connectivity index (χ1) is 13.1. The van der Waals surface area contributed by atoms with Crippen LogP contribution in [0.1, 0.15) is 37.7 Å². The zero-order chi connectivity index (χ0) is 19.5. The van der Waals surface area contributed by atoms with Gasteiger partial charge in [-0.05, 0) is 55.9 Å². The molecule has 0 saturated heterocycles. The second kappa shape index (κ2) is 11.1. The largest absolute Gasteiger partial charge is 0.493 e. The van der Waals surface area contributed by atoms with Crippen LogP contribution in [0, 0.1) is 0 Å². The number of amides is 1. The molecule has 0 fully saturated rings. The fourth-order valence-electron chi connectivity index (χ4n) is 2.85. The standard InChI is InChI=1S/C21H27NO5/c1-25-18-10-8-17(14-19(18)26-2)9-11-21(24)27-15-20(23)22-13-12-16-6-4-3-5-7-16/h6,8-11,14H,3-5,7,12-13,15H2,1-2H3,(H,22,23). The monoisotopic (exact) mass is 373 g/mol. The first kappa shape index (κ1) is 20.6. The molecule has 1 amide bonds. The van der Waals surface area contributed by atoms with Crippen LogP contribution >= 0.6 is 0 Å². The summed E-state index contributed by atoms with van der Waals surface area (Å²) in [6.45, 7) is 0.290. The highest BCUT2D eigenvalue weighted by molar-refractivity contribution is 5.89. The number of carbonyl (C=O) groups excluding carboxylic acids is 2. The third-order valence-corrected chi connectivity index (χ3v) is 4.32. The highest BCUT2D eigenvalue weighted by atomic mass is 16.5. The quantitative estimate of drug-likeness (QED) is 0.409. The third-order valence-electron chi connectivity index (χ3n) is 4.32. The van der Waals surface area contributed by atoms with Gasteiger partial charge in [-0.1, -0.05) is 17.7 Å². The Morgan fingerprint density at radius 3 is 2.67 bits per heavy atom. The maximum atomic E-state index is 11.8. The molecule has 6 nitrogen and oxygen atoms in total. The van der Waals surface area contributed by atoms with Gasteiger partial charge in [0.2, 0.25) is 0 Å². The minimum absolute atomic E-state index is 0.284. The first-order valence-corrected chi connectivity index (χ1v) is 9.14. The number of carbonyl (C=O) groups is 2. The van der Waals surface area contributed by atoms with E-state index in [-0.39, 0.29) is 12.5 Å². The van der Waals surface area contributed by atoms with Crippen LogP contribution in [-0.2, 0) is 14.3 Å². The van der Waals surface area contributed by atoms with Crippen LogP contribution in [0.4, 0.5) is 0 Å². The predicted octanol–water partition coefficient (Wildman–Crippen LogP) is 3.27. The Morgan fingerprint density at radius 2 is 1.96 bits per heavy atom. The Kier molecular flexibility index (Phi) is 8.42. The van der Waals surface area contributed by atoms with Gasteiger partial charge in [0.15, 0.2) is 18.1 Å². The molecule has 0 aliphatic heterocycles. The van der Waals surface area contributed by atoms with Crippen LogP contribution in [0.25, 0.3) is 6.08 Å². The average Bonchev–Trinajstić information content (AvgIpc) is 2.71. The van der Waals surface area contributed by atoms with E-state index in [0.29, 0.717) is 18.0 Å². The normalized spacial score (nSPS) is 13.8. The molecule has 146 valence electrons. The van der Waals surface area contributed by atoms with Crippen molar-refractivity contribution in [1.29, 1.82) is 0 Å². The lowest BCUT2D eigenvalue weighted by atomic mass is 9.97. The summed E-state index contributed by atoms with van der Waals surface area (Å²) in [7, 11) is 3.10. The Balaban J connectivity index is 1.71. The lowest BCUT2D eigenvalue weighted by Crippen LogP contribution is -2.29. The Hall–Kier alpha value is -2.76. The molecule has 0 aromatic heterocycles. The van der Waals surface area contributed by atoms with E-state index in [9.17, 15) is 9.59 Å². The zero-order valence-corrected chi connectivity index (χ0v) is 16.0. The molecule has 0 bridgehead atoms.